The van der Waals surface area contributed by atoms with E-state index in [9.17, 15) is 9.90 Å². The molecule has 0 spiro atoms. The third-order valence-electron chi connectivity index (χ3n) is 4.21. The molecule has 0 fully saturated rings. The summed E-state index contributed by atoms with van der Waals surface area (Å²) < 4.78 is 11.1. The summed E-state index contributed by atoms with van der Waals surface area (Å²) in [5.41, 5.74) is 3.22. The molecular weight excluding hydrogens is 334 g/mol. The molecule has 3 rings (SSSR count). The summed E-state index contributed by atoms with van der Waals surface area (Å²) in [4.78, 5) is 15.5. The number of aliphatic hydroxyl groups is 1. The Morgan fingerprint density at radius 1 is 1.19 bits per heavy atom. The number of benzene rings is 1. The van der Waals surface area contributed by atoms with Crippen molar-refractivity contribution in [1.82, 2.24) is 15.2 Å². The topological polar surface area (TPSA) is 101 Å². The Hall–Kier alpha value is -2.93. The highest BCUT2D eigenvalue weighted by molar-refractivity contribution is 5.90. The zero-order valence-electron chi connectivity index (χ0n) is 15.1. The number of hydrogen-bond acceptors (Lipinski definition) is 6. The van der Waals surface area contributed by atoms with Crippen LogP contribution in [-0.4, -0.2) is 26.3 Å². The van der Waals surface area contributed by atoms with Crippen LogP contribution in [0.15, 0.2) is 34.7 Å². The van der Waals surface area contributed by atoms with E-state index in [2.05, 4.69) is 15.2 Å². The minimum Gasteiger partial charge on any atom is -0.448 e. The first kappa shape index (κ1) is 17.9. The molecule has 7 heteroatoms. The maximum atomic E-state index is 12.5. The van der Waals surface area contributed by atoms with Crippen LogP contribution in [0.4, 0.5) is 0 Å². The summed E-state index contributed by atoms with van der Waals surface area (Å²) in [5.74, 6) is 0.0464. The first-order valence-corrected chi connectivity index (χ1v) is 8.35. The minimum atomic E-state index is -0.703. The van der Waals surface area contributed by atoms with Crippen molar-refractivity contribution in [3.05, 3.63) is 58.7 Å². The molecule has 0 bridgehead atoms. The van der Waals surface area contributed by atoms with E-state index in [-0.39, 0.29) is 5.89 Å². The van der Waals surface area contributed by atoms with Gasteiger partial charge in [-0.3, -0.25) is 0 Å². The van der Waals surface area contributed by atoms with Gasteiger partial charge in [0.05, 0.1) is 6.10 Å². The second-order valence-corrected chi connectivity index (χ2v) is 6.20. The Labute approximate surface area is 151 Å². The summed E-state index contributed by atoms with van der Waals surface area (Å²) in [6, 6.07) is 9.36. The predicted molar refractivity (Wildman–Crippen MR) is 94.5 cm³/mol. The molecule has 0 saturated heterocycles. The van der Waals surface area contributed by atoms with E-state index in [4.69, 9.17) is 9.15 Å². The zero-order chi connectivity index (χ0) is 18.8. The molecule has 2 heterocycles. The van der Waals surface area contributed by atoms with Crippen LogP contribution >= 0.6 is 0 Å². The predicted octanol–water partition coefficient (Wildman–Crippen LogP) is 3.65. The van der Waals surface area contributed by atoms with E-state index < -0.39 is 18.2 Å². The fourth-order valence-electron chi connectivity index (χ4n) is 2.96. The minimum absolute atomic E-state index is 0.217. The molecule has 0 saturated carbocycles. The van der Waals surface area contributed by atoms with Crippen LogP contribution in [0, 0.1) is 13.8 Å². The van der Waals surface area contributed by atoms with Crippen molar-refractivity contribution < 1.29 is 19.1 Å². The maximum Gasteiger partial charge on any atom is 0.355 e. The number of ether oxygens (including phenoxy) is 1. The van der Waals surface area contributed by atoms with Crippen molar-refractivity contribution >= 4 is 5.97 Å². The van der Waals surface area contributed by atoms with E-state index in [0.717, 1.165) is 11.3 Å². The number of aromatic nitrogens is 3. The molecule has 0 aliphatic carbocycles. The van der Waals surface area contributed by atoms with Crippen molar-refractivity contribution in [3.8, 4) is 11.5 Å². The summed E-state index contributed by atoms with van der Waals surface area (Å²) in [7, 11) is 0. The van der Waals surface area contributed by atoms with Gasteiger partial charge in [0.15, 0.2) is 6.10 Å². The van der Waals surface area contributed by atoms with Crippen LogP contribution in [0.5, 0.6) is 0 Å². The number of rotatable bonds is 5. The lowest BCUT2D eigenvalue weighted by atomic mass is 10.1. The van der Waals surface area contributed by atoms with Gasteiger partial charge in [-0.25, -0.2) is 4.79 Å². The van der Waals surface area contributed by atoms with Gasteiger partial charge >= 0.3 is 5.97 Å². The van der Waals surface area contributed by atoms with Crippen molar-refractivity contribution in [2.45, 2.75) is 39.9 Å². The molecule has 0 radical (unpaired) electrons. The molecular formula is C19H21N3O4. The number of aryl methyl sites for hydroxylation is 1. The number of aliphatic hydroxyl groups excluding tert-OH is 1. The number of H-pyrrole nitrogens is 1. The maximum absolute atomic E-state index is 12.5. The molecule has 0 unspecified atom stereocenters. The van der Waals surface area contributed by atoms with Crippen LogP contribution in [0.1, 0.15) is 59.3 Å². The Balaban J connectivity index is 1.76. The van der Waals surface area contributed by atoms with Crippen LogP contribution in [0.2, 0.25) is 0 Å². The summed E-state index contributed by atoms with van der Waals surface area (Å²) in [5, 5.41) is 17.8. The molecule has 0 aliphatic heterocycles. The highest BCUT2D eigenvalue weighted by atomic mass is 16.6. The Kier molecular flexibility index (Phi) is 4.90. The highest BCUT2D eigenvalue weighted by Gasteiger charge is 2.25. The van der Waals surface area contributed by atoms with Crippen molar-refractivity contribution in [2.75, 3.05) is 0 Å². The molecule has 2 N–H and O–H groups in total. The fourth-order valence-corrected chi connectivity index (χ4v) is 2.96. The van der Waals surface area contributed by atoms with Crippen LogP contribution in [0.25, 0.3) is 11.5 Å². The van der Waals surface area contributed by atoms with Crippen LogP contribution in [-0.2, 0) is 4.74 Å². The SMILES string of the molecule is Cc1[nH]c(C(=O)O[C@H](C)c2nnc(-c3ccccc3)o2)c(C)c1[C@@H](C)O. The van der Waals surface area contributed by atoms with Crippen LogP contribution in [0.3, 0.4) is 0 Å². The summed E-state index contributed by atoms with van der Waals surface area (Å²) in [6.45, 7) is 6.90. The second kappa shape index (κ2) is 7.13. The van der Waals surface area contributed by atoms with Gasteiger partial charge in [-0.15, -0.1) is 10.2 Å². The largest absolute Gasteiger partial charge is 0.448 e. The van der Waals surface area contributed by atoms with Gasteiger partial charge in [0.2, 0.25) is 5.89 Å². The molecule has 1 aromatic carbocycles. The Morgan fingerprint density at radius 2 is 1.88 bits per heavy atom. The molecule has 3 aromatic rings. The number of nitrogens with one attached hydrogen (secondary N) is 1. The number of hydrogen-bond donors (Lipinski definition) is 2. The smallest absolute Gasteiger partial charge is 0.355 e. The Morgan fingerprint density at radius 3 is 2.50 bits per heavy atom. The first-order chi connectivity index (χ1) is 12.4. The third kappa shape index (κ3) is 3.39. The first-order valence-electron chi connectivity index (χ1n) is 8.35. The molecule has 0 aliphatic rings. The monoisotopic (exact) mass is 355 g/mol. The van der Waals surface area contributed by atoms with Gasteiger partial charge in [0.1, 0.15) is 5.69 Å². The highest BCUT2D eigenvalue weighted by Crippen LogP contribution is 2.27. The molecule has 0 amide bonds. The Bertz CT molecular complexity index is 912. The number of esters is 1. The fraction of sp³-hybridized carbons (Fsp3) is 0.316. The summed E-state index contributed by atoms with van der Waals surface area (Å²) in [6.07, 6.45) is -1.37. The van der Waals surface area contributed by atoms with Gasteiger partial charge in [0, 0.05) is 16.8 Å². The zero-order valence-corrected chi connectivity index (χ0v) is 15.1. The van der Waals surface area contributed by atoms with Gasteiger partial charge in [-0.05, 0) is 45.4 Å². The molecule has 2 aromatic heterocycles. The molecule has 2 atom stereocenters. The van der Waals surface area contributed by atoms with Gasteiger partial charge < -0.3 is 19.2 Å². The van der Waals surface area contributed by atoms with Crippen molar-refractivity contribution in [2.24, 2.45) is 0 Å². The van der Waals surface area contributed by atoms with Crippen LogP contribution < -0.4 is 0 Å². The van der Waals surface area contributed by atoms with E-state index in [0.29, 0.717) is 22.7 Å². The number of aromatic amines is 1. The quantitative estimate of drug-likeness (QED) is 0.677. The standard InChI is InChI=1S/C19H21N3O4/c1-10-15(12(3)23)11(2)20-16(10)19(24)25-13(4)17-21-22-18(26-17)14-8-6-5-7-9-14/h5-9,12-13,20,23H,1-4H3/t12-,13-/m1/s1. The number of carbonyl (C=O) groups is 1. The van der Waals surface area contributed by atoms with E-state index in [1.165, 1.54) is 0 Å². The summed E-state index contributed by atoms with van der Waals surface area (Å²) >= 11 is 0. The van der Waals surface area contributed by atoms with Crippen molar-refractivity contribution in [1.29, 1.82) is 0 Å². The van der Waals surface area contributed by atoms with Gasteiger partial charge in [-0.1, -0.05) is 18.2 Å². The van der Waals surface area contributed by atoms with Gasteiger partial charge in [0.25, 0.3) is 5.89 Å². The molecule has 136 valence electrons. The van der Waals surface area contributed by atoms with E-state index >= 15 is 0 Å². The lowest BCUT2D eigenvalue weighted by Gasteiger charge is -2.09. The average molecular weight is 355 g/mol. The average Bonchev–Trinajstić information content (AvgIpc) is 3.20. The normalized spacial score (nSPS) is 13.4. The number of nitrogens with zero attached hydrogens (tertiary/aromatic N) is 2. The lowest BCUT2D eigenvalue weighted by Crippen LogP contribution is -2.11. The van der Waals surface area contributed by atoms with E-state index in [1.54, 1.807) is 27.7 Å². The number of carbonyl (C=O) groups excluding carboxylic acids is 1. The second-order valence-electron chi connectivity index (χ2n) is 6.20. The molecule has 26 heavy (non-hydrogen) atoms. The van der Waals surface area contributed by atoms with Gasteiger partial charge in [-0.2, -0.15) is 0 Å². The third-order valence-corrected chi connectivity index (χ3v) is 4.21. The van der Waals surface area contributed by atoms with Crippen molar-refractivity contribution in [3.63, 3.8) is 0 Å². The van der Waals surface area contributed by atoms with E-state index in [1.807, 2.05) is 30.3 Å². The molecule has 7 nitrogen and oxygen atoms in total. The lowest BCUT2D eigenvalue weighted by molar-refractivity contribution is 0.0272.